The van der Waals surface area contributed by atoms with Crippen LogP contribution in [0.25, 0.3) is 0 Å². The van der Waals surface area contributed by atoms with Crippen molar-refractivity contribution in [3.63, 3.8) is 0 Å². The van der Waals surface area contributed by atoms with Gasteiger partial charge in [-0.25, -0.2) is 4.79 Å². The molecule has 0 radical (unpaired) electrons. The van der Waals surface area contributed by atoms with Gasteiger partial charge in [0.15, 0.2) is 0 Å². The molecule has 3 atom stereocenters. The zero-order chi connectivity index (χ0) is 17.0. The molecule has 9 heteroatoms. The van der Waals surface area contributed by atoms with Crippen LogP contribution in [0.2, 0.25) is 10.0 Å². The van der Waals surface area contributed by atoms with Gasteiger partial charge >= 0.3 is 6.03 Å². The highest BCUT2D eigenvalue weighted by Gasteiger charge is 2.29. The number of benzene rings is 1. The summed E-state index contributed by atoms with van der Waals surface area (Å²) in [5, 5.41) is 21.7. The van der Waals surface area contributed by atoms with Crippen molar-refractivity contribution in [3.05, 3.63) is 28.2 Å². The van der Waals surface area contributed by atoms with Gasteiger partial charge in [-0.15, -0.1) is 0 Å². The Morgan fingerprint density at radius 1 is 1.30 bits per heavy atom. The lowest BCUT2D eigenvalue weighted by atomic mass is 9.98. The highest BCUT2D eigenvalue weighted by Crippen LogP contribution is 2.24. The molecule has 128 valence electrons. The van der Waals surface area contributed by atoms with Gasteiger partial charge in [-0.05, 0) is 30.5 Å². The number of anilines is 1. The van der Waals surface area contributed by atoms with Crippen molar-refractivity contribution in [1.82, 2.24) is 21.4 Å². The molecule has 7 nitrogen and oxygen atoms in total. The third-order valence-corrected chi connectivity index (χ3v) is 4.39. The fourth-order valence-corrected chi connectivity index (χ4v) is 2.66. The summed E-state index contributed by atoms with van der Waals surface area (Å²) in [5.74, 6) is 0.357. The number of carbonyl (C=O) groups excluding carboxylic acids is 1. The summed E-state index contributed by atoms with van der Waals surface area (Å²) in [4.78, 5) is 12.1. The van der Waals surface area contributed by atoms with E-state index < -0.39 is 12.3 Å². The first-order valence-corrected chi connectivity index (χ1v) is 8.09. The molecule has 1 saturated heterocycles. The van der Waals surface area contributed by atoms with E-state index in [1.165, 1.54) is 0 Å². The Morgan fingerprint density at radius 3 is 2.65 bits per heavy atom. The van der Waals surface area contributed by atoms with Crippen molar-refractivity contribution in [3.8, 4) is 0 Å². The van der Waals surface area contributed by atoms with Gasteiger partial charge in [-0.1, -0.05) is 37.0 Å². The first-order valence-electron chi connectivity index (χ1n) is 7.33. The van der Waals surface area contributed by atoms with Crippen LogP contribution in [-0.4, -0.2) is 29.7 Å². The van der Waals surface area contributed by atoms with Crippen LogP contribution in [0.1, 0.15) is 20.3 Å². The molecule has 0 aliphatic carbocycles. The molecule has 0 aromatic heterocycles. The highest BCUT2D eigenvalue weighted by atomic mass is 35.5. The number of rotatable bonds is 4. The van der Waals surface area contributed by atoms with Gasteiger partial charge in [0.2, 0.25) is 0 Å². The molecule has 1 fully saturated rings. The van der Waals surface area contributed by atoms with Crippen LogP contribution in [0.5, 0.6) is 0 Å². The van der Waals surface area contributed by atoms with E-state index in [0.717, 1.165) is 0 Å². The summed E-state index contributed by atoms with van der Waals surface area (Å²) in [6, 6.07) is 4.58. The van der Waals surface area contributed by atoms with Crippen molar-refractivity contribution < 1.29 is 10.0 Å². The molecular formula is C14H21Cl2N5O2. The zero-order valence-corrected chi connectivity index (χ0v) is 14.4. The van der Waals surface area contributed by atoms with Crippen LogP contribution >= 0.6 is 23.2 Å². The van der Waals surface area contributed by atoms with Crippen LogP contribution in [0.4, 0.5) is 10.5 Å². The molecule has 1 heterocycles. The third kappa shape index (κ3) is 5.20. The Hall–Kier alpha value is -1.09. The molecule has 1 aromatic rings. The second-order valence-corrected chi connectivity index (χ2v) is 6.58. The number of amides is 2. The van der Waals surface area contributed by atoms with Crippen LogP contribution in [0.3, 0.4) is 0 Å². The maximum atomic E-state index is 12.1. The predicted molar refractivity (Wildman–Crippen MR) is 90.6 cm³/mol. The Kier molecular flexibility index (Phi) is 6.46. The molecule has 23 heavy (non-hydrogen) atoms. The SMILES string of the molecule is CC(C)C1CC(NO)NC(NC(=O)Nc2ccc(Cl)c(Cl)c2)N1. The lowest BCUT2D eigenvalue weighted by Crippen LogP contribution is -2.68. The second kappa shape index (κ2) is 8.14. The number of hydrogen-bond acceptors (Lipinski definition) is 5. The lowest BCUT2D eigenvalue weighted by molar-refractivity contribution is 0.0572. The molecule has 1 aliphatic heterocycles. The normalized spacial score (nSPS) is 24.5. The predicted octanol–water partition coefficient (Wildman–Crippen LogP) is 2.31. The summed E-state index contributed by atoms with van der Waals surface area (Å²) in [5.41, 5.74) is 2.73. The number of halogens is 2. The van der Waals surface area contributed by atoms with Crippen molar-refractivity contribution >= 4 is 34.9 Å². The molecule has 0 spiro atoms. The van der Waals surface area contributed by atoms with E-state index in [1.807, 2.05) is 0 Å². The van der Waals surface area contributed by atoms with Crippen LogP contribution in [0.15, 0.2) is 18.2 Å². The van der Waals surface area contributed by atoms with E-state index in [9.17, 15) is 4.79 Å². The molecule has 0 bridgehead atoms. The molecule has 1 aromatic carbocycles. The number of urea groups is 1. The topological polar surface area (TPSA) is 97.5 Å². The van der Waals surface area contributed by atoms with Crippen molar-refractivity contribution in [2.24, 2.45) is 5.92 Å². The fraction of sp³-hybridized carbons (Fsp3) is 0.500. The summed E-state index contributed by atoms with van der Waals surface area (Å²) >= 11 is 11.8. The average Bonchev–Trinajstić information content (AvgIpc) is 2.50. The summed E-state index contributed by atoms with van der Waals surface area (Å²) in [6.45, 7) is 4.15. The monoisotopic (exact) mass is 361 g/mol. The van der Waals surface area contributed by atoms with E-state index in [4.69, 9.17) is 28.4 Å². The molecule has 6 N–H and O–H groups in total. The minimum Gasteiger partial charge on any atom is -0.315 e. The summed E-state index contributed by atoms with van der Waals surface area (Å²) < 4.78 is 0. The fourth-order valence-electron chi connectivity index (χ4n) is 2.36. The van der Waals surface area contributed by atoms with Gasteiger partial charge in [0.05, 0.1) is 16.2 Å². The molecule has 3 unspecified atom stereocenters. The standard InChI is InChI=1S/C14H21Cl2N5O2/c1-7(2)11-6-12(21-23)19-13(18-11)20-14(22)17-8-3-4-9(15)10(16)5-8/h3-5,7,11-13,18-19,21,23H,6H2,1-2H3,(H2,17,20,22). The maximum absolute atomic E-state index is 12.1. The first-order chi connectivity index (χ1) is 10.9. The number of hydroxylamine groups is 1. The van der Waals surface area contributed by atoms with Crippen LogP contribution in [0, 0.1) is 5.92 Å². The van der Waals surface area contributed by atoms with Crippen LogP contribution in [-0.2, 0) is 0 Å². The molecule has 0 saturated carbocycles. The van der Waals surface area contributed by atoms with Gasteiger partial charge < -0.3 is 15.8 Å². The summed E-state index contributed by atoms with van der Waals surface area (Å²) in [7, 11) is 0. The Morgan fingerprint density at radius 2 is 2.04 bits per heavy atom. The average molecular weight is 362 g/mol. The first kappa shape index (κ1) is 18.3. The molecule has 2 amide bonds. The van der Waals surface area contributed by atoms with Crippen LogP contribution < -0.4 is 26.7 Å². The number of hydrogen-bond donors (Lipinski definition) is 6. The van der Waals surface area contributed by atoms with Crippen molar-refractivity contribution in [2.75, 3.05) is 5.32 Å². The Bertz CT molecular complexity index is 558. The van der Waals surface area contributed by atoms with Crippen molar-refractivity contribution in [1.29, 1.82) is 0 Å². The van der Waals surface area contributed by atoms with Gasteiger partial charge in [0.25, 0.3) is 0 Å². The Labute approximate surface area is 145 Å². The molecule has 2 rings (SSSR count). The van der Waals surface area contributed by atoms with Gasteiger partial charge in [-0.2, -0.15) is 5.48 Å². The summed E-state index contributed by atoms with van der Waals surface area (Å²) in [6.07, 6.45) is -0.0942. The lowest BCUT2D eigenvalue weighted by Gasteiger charge is -2.38. The molecular weight excluding hydrogens is 341 g/mol. The molecule has 1 aliphatic rings. The largest absolute Gasteiger partial charge is 0.321 e. The maximum Gasteiger partial charge on any atom is 0.321 e. The third-order valence-electron chi connectivity index (χ3n) is 3.65. The van der Waals surface area contributed by atoms with Gasteiger partial charge in [0, 0.05) is 11.7 Å². The number of carbonyl (C=O) groups is 1. The minimum absolute atomic E-state index is 0.149. The van der Waals surface area contributed by atoms with E-state index in [-0.39, 0.29) is 12.2 Å². The van der Waals surface area contributed by atoms with E-state index in [2.05, 4.69) is 40.6 Å². The quantitative estimate of drug-likeness (QED) is 0.462. The van der Waals surface area contributed by atoms with E-state index >= 15 is 0 Å². The van der Waals surface area contributed by atoms with Gasteiger partial charge in [-0.3, -0.25) is 10.6 Å². The van der Waals surface area contributed by atoms with Gasteiger partial charge in [0.1, 0.15) is 6.29 Å². The van der Waals surface area contributed by atoms with Crippen molar-refractivity contribution in [2.45, 2.75) is 38.8 Å². The number of nitrogens with one attached hydrogen (secondary N) is 5. The van der Waals surface area contributed by atoms with E-state index in [0.29, 0.717) is 28.1 Å². The minimum atomic E-state index is -0.483. The smallest absolute Gasteiger partial charge is 0.315 e. The Balaban J connectivity index is 1.94. The second-order valence-electron chi connectivity index (χ2n) is 5.76. The zero-order valence-electron chi connectivity index (χ0n) is 12.9. The van der Waals surface area contributed by atoms with E-state index in [1.54, 1.807) is 18.2 Å². The highest BCUT2D eigenvalue weighted by molar-refractivity contribution is 6.42.